The molecule has 2 aromatic heterocycles. The van der Waals surface area contributed by atoms with Crippen molar-refractivity contribution >= 4 is 23.4 Å². The normalized spacial score (nSPS) is 10.7. The maximum absolute atomic E-state index is 13.3. The van der Waals surface area contributed by atoms with Gasteiger partial charge in [-0.1, -0.05) is 17.8 Å². The van der Waals surface area contributed by atoms with E-state index in [9.17, 15) is 9.18 Å². The van der Waals surface area contributed by atoms with Crippen LogP contribution in [0.2, 0.25) is 0 Å². The Bertz CT molecular complexity index is 897. The van der Waals surface area contributed by atoms with Gasteiger partial charge in [0.05, 0.1) is 5.75 Å². The van der Waals surface area contributed by atoms with E-state index in [2.05, 4.69) is 20.5 Å². The summed E-state index contributed by atoms with van der Waals surface area (Å²) < 4.78 is 15.1. The van der Waals surface area contributed by atoms with Crippen LogP contribution in [0.5, 0.6) is 0 Å². The molecule has 0 aliphatic rings. The number of pyridine rings is 1. The zero-order valence-corrected chi connectivity index (χ0v) is 14.5. The van der Waals surface area contributed by atoms with E-state index in [0.717, 1.165) is 11.1 Å². The summed E-state index contributed by atoms with van der Waals surface area (Å²) in [6.45, 7) is 1.81. The van der Waals surface area contributed by atoms with Crippen LogP contribution in [0.3, 0.4) is 0 Å². The van der Waals surface area contributed by atoms with Gasteiger partial charge >= 0.3 is 0 Å². The van der Waals surface area contributed by atoms with Crippen molar-refractivity contribution in [1.82, 2.24) is 19.7 Å². The lowest BCUT2D eigenvalue weighted by Crippen LogP contribution is -2.15. The summed E-state index contributed by atoms with van der Waals surface area (Å²) in [5.41, 5.74) is 2.18. The van der Waals surface area contributed by atoms with Gasteiger partial charge in [-0.25, -0.2) is 4.39 Å². The first-order chi connectivity index (χ1) is 12.0. The van der Waals surface area contributed by atoms with E-state index in [4.69, 9.17) is 0 Å². The summed E-state index contributed by atoms with van der Waals surface area (Å²) in [7, 11) is 1.84. The summed E-state index contributed by atoms with van der Waals surface area (Å²) in [6.07, 6.45) is 3.37. The molecule has 25 heavy (non-hydrogen) atoms. The van der Waals surface area contributed by atoms with E-state index in [-0.39, 0.29) is 17.5 Å². The number of aromatic nitrogens is 4. The molecule has 3 rings (SSSR count). The van der Waals surface area contributed by atoms with Gasteiger partial charge in [-0.3, -0.25) is 9.78 Å². The molecule has 0 saturated heterocycles. The number of hydrogen-bond donors (Lipinski definition) is 1. The van der Waals surface area contributed by atoms with Crippen LogP contribution in [0, 0.1) is 12.7 Å². The number of nitrogens with zero attached hydrogens (tertiary/aromatic N) is 4. The second-order valence-electron chi connectivity index (χ2n) is 5.40. The number of halogens is 1. The largest absolute Gasteiger partial charge is 0.325 e. The van der Waals surface area contributed by atoms with Crippen LogP contribution in [0.15, 0.2) is 47.9 Å². The molecule has 0 aliphatic heterocycles. The van der Waals surface area contributed by atoms with Crippen LogP contribution in [0.25, 0.3) is 11.4 Å². The molecule has 128 valence electrons. The average Bonchev–Trinajstić information content (AvgIpc) is 2.98. The summed E-state index contributed by atoms with van der Waals surface area (Å²) >= 11 is 1.27. The van der Waals surface area contributed by atoms with Gasteiger partial charge in [0.1, 0.15) is 5.82 Å². The number of aryl methyl sites for hydroxylation is 1. The minimum atomic E-state index is -0.385. The highest BCUT2D eigenvalue weighted by molar-refractivity contribution is 7.99. The molecule has 0 saturated carbocycles. The molecular formula is C17H16FN5OS. The summed E-state index contributed by atoms with van der Waals surface area (Å²) in [6, 6.07) is 7.99. The van der Waals surface area contributed by atoms with Gasteiger partial charge in [-0.2, -0.15) is 0 Å². The Morgan fingerprint density at radius 3 is 2.76 bits per heavy atom. The minimum Gasteiger partial charge on any atom is -0.325 e. The molecule has 1 aromatic carbocycles. The van der Waals surface area contributed by atoms with Crippen molar-refractivity contribution in [2.75, 3.05) is 11.1 Å². The third-order valence-corrected chi connectivity index (χ3v) is 4.60. The van der Waals surface area contributed by atoms with E-state index in [0.29, 0.717) is 16.7 Å². The van der Waals surface area contributed by atoms with Crippen molar-refractivity contribution in [3.8, 4) is 11.4 Å². The fraction of sp³-hybridized carbons (Fsp3) is 0.176. The highest BCUT2D eigenvalue weighted by atomic mass is 32.2. The van der Waals surface area contributed by atoms with Crippen LogP contribution in [-0.2, 0) is 11.8 Å². The standard InChI is InChI=1S/C17H16FN5OS/c1-11-3-4-13(18)9-14(11)20-15(24)10-25-17-22-21-16(23(17)2)12-5-7-19-8-6-12/h3-9H,10H2,1-2H3,(H,20,24). The number of carbonyl (C=O) groups excluding carboxylic acids is 1. The van der Waals surface area contributed by atoms with Crippen LogP contribution >= 0.6 is 11.8 Å². The maximum Gasteiger partial charge on any atom is 0.234 e. The number of benzene rings is 1. The maximum atomic E-state index is 13.3. The first kappa shape index (κ1) is 17.1. The van der Waals surface area contributed by atoms with Crippen molar-refractivity contribution in [3.05, 3.63) is 54.1 Å². The Hall–Kier alpha value is -2.74. The molecule has 0 spiro atoms. The molecule has 0 aliphatic carbocycles. The number of hydrogen-bond acceptors (Lipinski definition) is 5. The quantitative estimate of drug-likeness (QED) is 0.711. The molecule has 1 N–H and O–H groups in total. The first-order valence-corrected chi connectivity index (χ1v) is 8.52. The Kier molecular flexibility index (Phi) is 5.08. The van der Waals surface area contributed by atoms with Gasteiger partial charge in [0, 0.05) is 30.7 Å². The SMILES string of the molecule is Cc1ccc(F)cc1NC(=O)CSc1nnc(-c2ccncc2)n1C. The van der Waals surface area contributed by atoms with Crippen molar-refractivity contribution in [1.29, 1.82) is 0 Å². The predicted molar refractivity (Wildman–Crippen MR) is 94.7 cm³/mol. The summed E-state index contributed by atoms with van der Waals surface area (Å²) in [5, 5.41) is 11.6. The zero-order chi connectivity index (χ0) is 17.8. The van der Waals surface area contributed by atoms with Crippen LogP contribution in [0.4, 0.5) is 10.1 Å². The lowest BCUT2D eigenvalue weighted by molar-refractivity contribution is -0.113. The second kappa shape index (κ2) is 7.43. The Morgan fingerprint density at radius 2 is 2.00 bits per heavy atom. The number of amides is 1. The molecule has 0 fully saturated rings. The van der Waals surface area contributed by atoms with Gasteiger partial charge in [0.2, 0.25) is 5.91 Å². The monoisotopic (exact) mass is 357 g/mol. The number of nitrogens with one attached hydrogen (secondary N) is 1. The number of rotatable bonds is 5. The van der Waals surface area contributed by atoms with Crippen molar-refractivity contribution in [3.63, 3.8) is 0 Å². The lowest BCUT2D eigenvalue weighted by Gasteiger charge is -2.08. The molecule has 3 aromatic rings. The van der Waals surface area contributed by atoms with E-state index in [1.54, 1.807) is 18.5 Å². The zero-order valence-electron chi connectivity index (χ0n) is 13.7. The molecule has 0 bridgehead atoms. The smallest absolute Gasteiger partial charge is 0.234 e. The first-order valence-electron chi connectivity index (χ1n) is 7.53. The molecular weight excluding hydrogens is 341 g/mol. The molecule has 0 atom stereocenters. The molecule has 2 heterocycles. The van der Waals surface area contributed by atoms with Gasteiger partial charge in [-0.15, -0.1) is 10.2 Å². The Labute approximate surface area is 148 Å². The van der Waals surface area contributed by atoms with Gasteiger partial charge in [0.25, 0.3) is 0 Å². The third-order valence-electron chi connectivity index (χ3n) is 3.58. The van der Waals surface area contributed by atoms with Crippen LogP contribution in [0.1, 0.15) is 5.56 Å². The number of thioether (sulfide) groups is 1. The van der Waals surface area contributed by atoms with Crippen LogP contribution < -0.4 is 5.32 Å². The van der Waals surface area contributed by atoms with Gasteiger partial charge in [0.15, 0.2) is 11.0 Å². The predicted octanol–water partition coefficient (Wildman–Crippen LogP) is 3.06. The fourth-order valence-electron chi connectivity index (χ4n) is 2.24. The second-order valence-corrected chi connectivity index (χ2v) is 6.34. The van der Waals surface area contributed by atoms with E-state index >= 15 is 0 Å². The average molecular weight is 357 g/mol. The topological polar surface area (TPSA) is 72.7 Å². The van der Waals surface area contributed by atoms with Crippen LogP contribution in [-0.4, -0.2) is 31.4 Å². The van der Waals surface area contributed by atoms with E-state index in [1.165, 1.54) is 23.9 Å². The molecule has 0 unspecified atom stereocenters. The molecule has 6 nitrogen and oxygen atoms in total. The highest BCUT2D eigenvalue weighted by Crippen LogP contribution is 2.22. The molecule has 0 radical (unpaired) electrons. The van der Waals surface area contributed by atoms with E-state index < -0.39 is 0 Å². The Balaban J connectivity index is 1.65. The van der Waals surface area contributed by atoms with Gasteiger partial charge < -0.3 is 9.88 Å². The fourth-order valence-corrected chi connectivity index (χ4v) is 2.95. The summed E-state index contributed by atoms with van der Waals surface area (Å²) in [4.78, 5) is 16.1. The van der Waals surface area contributed by atoms with E-state index in [1.807, 2.05) is 30.7 Å². The molecule has 1 amide bonds. The highest BCUT2D eigenvalue weighted by Gasteiger charge is 2.13. The van der Waals surface area contributed by atoms with Crippen molar-refractivity contribution in [2.24, 2.45) is 7.05 Å². The summed E-state index contributed by atoms with van der Waals surface area (Å²) in [5.74, 6) is 0.237. The minimum absolute atomic E-state index is 0.151. The Morgan fingerprint density at radius 1 is 1.24 bits per heavy atom. The third kappa shape index (κ3) is 4.03. The lowest BCUT2D eigenvalue weighted by atomic mass is 10.2. The number of carbonyl (C=O) groups is 1. The van der Waals surface area contributed by atoms with Crippen molar-refractivity contribution < 1.29 is 9.18 Å². The molecule has 8 heteroatoms. The number of anilines is 1. The van der Waals surface area contributed by atoms with Crippen molar-refractivity contribution in [2.45, 2.75) is 12.1 Å². The van der Waals surface area contributed by atoms with Gasteiger partial charge in [-0.05, 0) is 36.8 Å².